The molecule has 15 rings (SSSR count). The third kappa shape index (κ3) is 7.05. The van der Waals surface area contributed by atoms with E-state index in [0.717, 1.165) is 105 Å². The second-order valence-corrected chi connectivity index (χ2v) is 20.2. The van der Waals surface area contributed by atoms with Gasteiger partial charge in [0.25, 0.3) is 0 Å². The van der Waals surface area contributed by atoms with Gasteiger partial charge in [0.05, 0.1) is 72.6 Å². The van der Waals surface area contributed by atoms with Crippen LogP contribution in [0.4, 0.5) is 26.3 Å². The quantitative estimate of drug-likeness (QED) is 0.153. The molecule has 80 heavy (non-hydrogen) atoms. The van der Waals surface area contributed by atoms with Crippen LogP contribution in [-0.4, -0.2) is 18.3 Å². The van der Waals surface area contributed by atoms with Crippen LogP contribution in [0.15, 0.2) is 237 Å². The zero-order valence-electron chi connectivity index (χ0n) is 42.0. The molecule has 0 atom stereocenters. The van der Waals surface area contributed by atoms with Crippen LogP contribution in [-0.2, 0) is 12.4 Å². The van der Waals surface area contributed by atoms with E-state index in [2.05, 4.69) is 109 Å². The summed E-state index contributed by atoms with van der Waals surface area (Å²) < 4.78 is 96.3. The molecule has 0 fully saturated rings. The second kappa shape index (κ2) is 17.3. The van der Waals surface area contributed by atoms with Crippen LogP contribution in [0.1, 0.15) is 16.7 Å². The zero-order valence-corrected chi connectivity index (χ0v) is 42.0. The molecule has 0 bridgehead atoms. The SMILES string of the molecule is N#Cc1ccc(-n2c3ccccc3c3cc(-n4c5ccccc5c5ccccc54)ccc32)cc1-c1cc(-c2ccc(C(F)(F)F)cc2C(F)(F)F)ccc1-n1c2ccccc2c2cc(-n3c4ccccc4c4ccccc43)ccc21. The fourth-order valence-electron chi connectivity index (χ4n) is 12.5. The molecule has 11 aromatic carbocycles. The molecule has 15 aromatic rings. The van der Waals surface area contributed by atoms with Gasteiger partial charge in [0.15, 0.2) is 0 Å². The minimum Gasteiger partial charge on any atom is -0.309 e. The molecule has 0 aliphatic carbocycles. The van der Waals surface area contributed by atoms with Crippen LogP contribution in [0.5, 0.6) is 0 Å². The first-order chi connectivity index (χ1) is 38.9. The predicted molar refractivity (Wildman–Crippen MR) is 309 cm³/mol. The molecule has 0 spiro atoms. The van der Waals surface area contributed by atoms with Crippen molar-refractivity contribution in [2.75, 3.05) is 0 Å². The lowest BCUT2D eigenvalue weighted by molar-refractivity contribution is -0.142. The standard InChI is InChI=1S/C69H39F6N5/c70-68(71,72)43-27-31-47(58(36-43)69(73,74)75)41-26-32-66(80-64-24-12-6-18-53(64)57-39-46(30-34-67(57)80)78-61-21-9-3-15-50(61)51-16-4-10-22-62(51)78)55(35-41)54-37-44(28-25-42(54)40-76)79-63-23-11-5-17-52(63)56-38-45(29-33-65(56)79)77-59-19-7-1-13-48(59)49-14-2-8-20-60(49)77/h1-39H. The van der Waals surface area contributed by atoms with Gasteiger partial charge in [-0.3, -0.25) is 0 Å². The topological polar surface area (TPSA) is 43.5 Å². The van der Waals surface area contributed by atoms with Crippen molar-refractivity contribution in [3.8, 4) is 51.1 Å². The lowest BCUT2D eigenvalue weighted by Gasteiger charge is -2.20. The van der Waals surface area contributed by atoms with E-state index in [0.29, 0.717) is 28.6 Å². The summed E-state index contributed by atoms with van der Waals surface area (Å²) in [6.07, 6.45) is -10.2. The molecule has 0 N–H and O–H groups in total. The number of alkyl halides is 6. The van der Waals surface area contributed by atoms with Gasteiger partial charge < -0.3 is 18.3 Å². The smallest absolute Gasteiger partial charge is 0.309 e. The van der Waals surface area contributed by atoms with Gasteiger partial charge in [0, 0.05) is 71.3 Å². The largest absolute Gasteiger partial charge is 0.417 e. The summed E-state index contributed by atoms with van der Waals surface area (Å²) in [6.45, 7) is 0. The number of nitriles is 1. The number of halogens is 6. The average molecular weight is 1050 g/mol. The van der Waals surface area contributed by atoms with Crippen molar-refractivity contribution in [1.29, 1.82) is 5.26 Å². The average Bonchev–Trinajstić information content (AvgIpc) is 4.28. The first kappa shape index (κ1) is 46.9. The second-order valence-electron chi connectivity index (χ2n) is 20.2. The summed E-state index contributed by atoms with van der Waals surface area (Å²) in [5.41, 5.74) is 8.40. The minimum absolute atomic E-state index is 0.0166. The van der Waals surface area contributed by atoms with Crippen LogP contribution >= 0.6 is 0 Å². The summed E-state index contributed by atoms with van der Waals surface area (Å²) in [5, 5.41) is 19.3. The predicted octanol–water partition coefficient (Wildman–Crippen LogP) is 19.3. The Morgan fingerprint density at radius 2 is 0.688 bits per heavy atom. The molecule has 5 nitrogen and oxygen atoms in total. The Morgan fingerprint density at radius 1 is 0.300 bits per heavy atom. The number of benzene rings is 11. The maximum absolute atomic E-state index is 15.1. The molecule has 0 saturated carbocycles. The van der Waals surface area contributed by atoms with Gasteiger partial charge in [0.1, 0.15) is 0 Å². The van der Waals surface area contributed by atoms with Crippen molar-refractivity contribution in [2.24, 2.45) is 0 Å². The molecule has 0 aliphatic rings. The number of aromatic nitrogens is 4. The Hall–Kier alpha value is -10.3. The zero-order chi connectivity index (χ0) is 54.2. The highest BCUT2D eigenvalue weighted by Gasteiger charge is 2.39. The number of para-hydroxylation sites is 6. The van der Waals surface area contributed by atoms with Crippen molar-refractivity contribution >= 4 is 87.2 Å². The van der Waals surface area contributed by atoms with E-state index in [1.807, 2.05) is 109 Å². The molecular formula is C69H39F6N5. The lowest BCUT2D eigenvalue weighted by Crippen LogP contribution is -2.12. The minimum atomic E-state index is -5.15. The summed E-state index contributed by atoms with van der Waals surface area (Å²) in [5.74, 6) is 0. The van der Waals surface area contributed by atoms with Gasteiger partial charge in [-0.05, 0) is 126 Å². The van der Waals surface area contributed by atoms with Crippen molar-refractivity contribution in [3.05, 3.63) is 253 Å². The third-order valence-corrected chi connectivity index (χ3v) is 15.9. The highest BCUT2D eigenvalue weighted by atomic mass is 19.4. The van der Waals surface area contributed by atoms with Crippen LogP contribution < -0.4 is 0 Å². The fraction of sp³-hybridized carbons (Fsp3) is 0.0290. The monoisotopic (exact) mass is 1050 g/mol. The van der Waals surface area contributed by atoms with Crippen LogP contribution in [0.25, 0.3) is 132 Å². The van der Waals surface area contributed by atoms with Crippen LogP contribution in [0.3, 0.4) is 0 Å². The normalized spacial score (nSPS) is 12.4. The van der Waals surface area contributed by atoms with Gasteiger partial charge in [-0.25, -0.2) is 0 Å². The number of fused-ring (bicyclic) bond motifs is 12. The van der Waals surface area contributed by atoms with E-state index >= 15 is 13.2 Å². The molecule has 4 aromatic heterocycles. The molecule has 382 valence electrons. The summed E-state index contributed by atoms with van der Waals surface area (Å²) in [6, 6.07) is 76.2. The van der Waals surface area contributed by atoms with Crippen LogP contribution in [0.2, 0.25) is 0 Å². The van der Waals surface area contributed by atoms with E-state index < -0.39 is 29.0 Å². The fourth-order valence-corrected chi connectivity index (χ4v) is 12.5. The third-order valence-electron chi connectivity index (χ3n) is 15.9. The Kier molecular flexibility index (Phi) is 10.2. The Morgan fingerprint density at radius 3 is 1.12 bits per heavy atom. The van der Waals surface area contributed by atoms with Crippen LogP contribution in [0, 0.1) is 11.3 Å². The van der Waals surface area contributed by atoms with Gasteiger partial charge in [-0.2, -0.15) is 31.6 Å². The number of rotatable bonds is 6. The highest BCUT2D eigenvalue weighted by Crippen LogP contribution is 2.46. The van der Waals surface area contributed by atoms with Gasteiger partial charge in [-0.1, -0.05) is 121 Å². The molecule has 4 heterocycles. The van der Waals surface area contributed by atoms with E-state index in [1.165, 1.54) is 6.07 Å². The Labute approximate surface area is 451 Å². The molecule has 0 aliphatic heterocycles. The van der Waals surface area contributed by atoms with Crippen molar-refractivity contribution < 1.29 is 26.3 Å². The number of hydrogen-bond donors (Lipinski definition) is 0. The molecule has 0 radical (unpaired) electrons. The van der Waals surface area contributed by atoms with E-state index in [-0.39, 0.29) is 17.2 Å². The van der Waals surface area contributed by atoms with E-state index in [1.54, 1.807) is 18.2 Å². The summed E-state index contributed by atoms with van der Waals surface area (Å²) >= 11 is 0. The molecule has 0 saturated heterocycles. The summed E-state index contributed by atoms with van der Waals surface area (Å²) in [7, 11) is 0. The van der Waals surface area contributed by atoms with Crippen molar-refractivity contribution in [2.45, 2.75) is 12.4 Å². The number of hydrogen-bond acceptors (Lipinski definition) is 1. The number of nitrogens with zero attached hydrogens (tertiary/aromatic N) is 5. The van der Waals surface area contributed by atoms with Crippen molar-refractivity contribution in [3.63, 3.8) is 0 Å². The molecule has 11 heteroatoms. The van der Waals surface area contributed by atoms with Gasteiger partial charge in [-0.15, -0.1) is 0 Å². The first-order valence-electron chi connectivity index (χ1n) is 25.9. The lowest BCUT2D eigenvalue weighted by atomic mass is 9.91. The Balaban J connectivity index is 0.978. The maximum atomic E-state index is 15.1. The van der Waals surface area contributed by atoms with E-state index in [9.17, 15) is 18.4 Å². The first-order valence-corrected chi connectivity index (χ1v) is 25.9. The molecule has 0 unspecified atom stereocenters. The highest BCUT2D eigenvalue weighted by molar-refractivity contribution is 6.14. The molecule has 0 amide bonds. The van der Waals surface area contributed by atoms with Crippen molar-refractivity contribution in [1.82, 2.24) is 18.3 Å². The molecular weight excluding hydrogens is 1010 g/mol. The Bertz CT molecular complexity index is 5030. The van der Waals surface area contributed by atoms with Gasteiger partial charge >= 0.3 is 12.4 Å². The van der Waals surface area contributed by atoms with Gasteiger partial charge in [0.2, 0.25) is 0 Å². The maximum Gasteiger partial charge on any atom is 0.417 e. The van der Waals surface area contributed by atoms with E-state index in [4.69, 9.17) is 0 Å². The summed E-state index contributed by atoms with van der Waals surface area (Å²) in [4.78, 5) is 0.